The maximum atomic E-state index is 4.47. The summed E-state index contributed by atoms with van der Waals surface area (Å²) in [7, 11) is 0. The maximum Gasteiger partial charge on any atom is 0.0630 e. The average Bonchev–Trinajstić information content (AvgIpc) is 2.60. The number of rotatable bonds is 2. The Kier molecular flexibility index (Phi) is 2.01. The zero-order chi connectivity index (χ0) is 11.5. The van der Waals surface area contributed by atoms with Gasteiger partial charge in [-0.3, -0.25) is 5.10 Å². The van der Waals surface area contributed by atoms with Crippen LogP contribution in [0, 0.1) is 30.1 Å². The summed E-state index contributed by atoms with van der Waals surface area (Å²) in [5, 5.41) is 7.57. The van der Waals surface area contributed by atoms with E-state index in [4.69, 9.17) is 0 Å². The van der Waals surface area contributed by atoms with Gasteiger partial charge in [0.15, 0.2) is 0 Å². The molecule has 1 aromatic heterocycles. The van der Waals surface area contributed by atoms with E-state index in [2.05, 4.69) is 23.2 Å². The lowest BCUT2D eigenvalue weighted by atomic mass is 9.48. The first-order chi connectivity index (χ1) is 8.21. The summed E-state index contributed by atoms with van der Waals surface area (Å²) >= 11 is 0. The third kappa shape index (κ3) is 1.64. The second-order valence-electron chi connectivity index (χ2n) is 7.14. The molecule has 4 saturated carbocycles. The molecule has 17 heavy (non-hydrogen) atoms. The molecule has 0 saturated heterocycles. The fourth-order valence-electron chi connectivity index (χ4n) is 5.46. The fourth-order valence-corrected chi connectivity index (χ4v) is 5.46. The number of hydrogen-bond acceptors (Lipinski definition) is 1. The number of aryl methyl sites for hydroxylation is 1. The Morgan fingerprint density at radius 2 is 1.76 bits per heavy atom. The van der Waals surface area contributed by atoms with Gasteiger partial charge >= 0.3 is 0 Å². The van der Waals surface area contributed by atoms with E-state index in [-0.39, 0.29) is 0 Å². The molecule has 0 aliphatic heterocycles. The highest BCUT2D eigenvalue weighted by molar-refractivity contribution is 5.12. The molecule has 2 heteroatoms. The van der Waals surface area contributed by atoms with E-state index in [1.165, 1.54) is 56.3 Å². The molecule has 0 radical (unpaired) electrons. The van der Waals surface area contributed by atoms with Crippen LogP contribution < -0.4 is 0 Å². The van der Waals surface area contributed by atoms with Crippen LogP contribution in [-0.2, 0) is 6.42 Å². The Morgan fingerprint density at radius 3 is 2.24 bits per heavy atom. The number of H-pyrrole nitrogens is 1. The van der Waals surface area contributed by atoms with Crippen LogP contribution in [0.2, 0.25) is 0 Å². The van der Waals surface area contributed by atoms with Crippen LogP contribution in [0.4, 0.5) is 0 Å². The lowest BCUT2D eigenvalue weighted by molar-refractivity contribution is -0.0526. The number of hydrogen-bond donors (Lipinski definition) is 1. The molecule has 0 atom stereocenters. The molecule has 1 N–H and O–H groups in total. The van der Waals surface area contributed by atoms with Gasteiger partial charge in [-0.15, -0.1) is 0 Å². The summed E-state index contributed by atoms with van der Waals surface area (Å²) in [5.74, 6) is 3.17. The quantitative estimate of drug-likeness (QED) is 0.828. The van der Waals surface area contributed by atoms with E-state index < -0.39 is 0 Å². The normalized spacial score (nSPS) is 43.2. The minimum absolute atomic E-state index is 0.635. The molecule has 4 bridgehead atoms. The van der Waals surface area contributed by atoms with Crippen molar-refractivity contribution in [2.45, 2.75) is 51.9 Å². The first-order valence-electron chi connectivity index (χ1n) is 7.22. The van der Waals surface area contributed by atoms with Gasteiger partial charge in [-0.05, 0) is 81.1 Å². The van der Waals surface area contributed by atoms with Gasteiger partial charge in [0.1, 0.15) is 0 Å². The molecule has 4 aliphatic rings. The van der Waals surface area contributed by atoms with Crippen molar-refractivity contribution < 1.29 is 0 Å². The molecule has 2 nitrogen and oxygen atoms in total. The van der Waals surface area contributed by atoms with Gasteiger partial charge in [-0.2, -0.15) is 5.10 Å². The van der Waals surface area contributed by atoms with Crippen molar-refractivity contribution in [3.8, 4) is 0 Å². The lowest BCUT2D eigenvalue weighted by Crippen LogP contribution is -2.47. The summed E-state index contributed by atoms with van der Waals surface area (Å²) in [6, 6.07) is 2.25. The second kappa shape index (κ2) is 3.37. The van der Waals surface area contributed by atoms with Gasteiger partial charge in [0, 0.05) is 5.69 Å². The molecule has 0 amide bonds. The molecule has 5 rings (SSSR count). The lowest BCUT2D eigenvalue weighted by Gasteiger charge is -2.56. The van der Waals surface area contributed by atoms with Gasteiger partial charge < -0.3 is 0 Å². The minimum Gasteiger partial charge on any atom is -0.283 e. The predicted molar refractivity (Wildman–Crippen MR) is 67.6 cm³/mol. The minimum atomic E-state index is 0.635. The van der Waals surface area contributed by atoms with Gasteiger partial charge in [-0.1, -0.05) is 0 Å². The highest BCUT2D eigenvalue weighted by Gasteiger charge is 2.50. The number of aromatic nitrogens is 2. The predicted octanol–water partition coefficient (Wildman–Crippen LogP) is 3.48. The largest absolute Gasteiger partial charge is 0.283 e. The molecule has 0 aromatic carbocycles. The average molecular weight is 230 g/mol. The highest BCUT2D eigenvalue weighted by Crippen LogP contribution is 2.60. The first-order valence-corrected chi connectivity index (χ1v) is 7.22. The number of nitrogens with one attached hydrogen (secondary N) is 1. The van der Waals surface area contributed by atoms with Crippen LogP contribution in [0.1, 0.15) is 49.9 Å². The van der Waals surface area contributed by atoms with Crippen molar-refractivity contribution in [3.05, 3.63) is 17.5 Å². The molecule has 4 aliphatic carbocycles. The van der Waals surface area contributed by atoms with Crippen molar-refractivity contribution in [2.24, 2.45) is 23.2 Å². The van der Waals surface area contributed by atoms with Crippen molar-refractivity contribution in [1.29, 1.82) is 0 Å². The Hall–Kier alpha value is -0.790. The molecule has 1 aromatic rings. The van der Waals surface area contributed by atoms with E-state index in [1.807, 2.05) is 0 Å². The smallest absolute Gasteiger partial charge is 0.0630 e. The van der Waals surface area contributed by atoms with Crippen LogP contribution in [0.15, 0.2) is 6.07 Å². The monoisotopic (exact) mass is 230 g/mol. The summed E-state index contributed by atoms with van der Waals surface area (Å²) in [6.45, 7) is 2.11. The summed E-state index contributed by atoms with van der Waals surface area (Å²) in [5.41, 5.74) is 3.16. The van der Waals surface area contributed by atoms with Crippen LogP contribution in [0.5, 0.6) is 0 Å². The summed E-state index contributed by atoms with van der Waals surface area (Å²) < 4.78 is 0. The Balaban J connectivity index is 1.60. The van der Waals surface area contributed by atoms with Crippen LogP contribution in [0.3, 0.4) is 0 Å². The zero-order valence-corrected chi connectivity index (χ0v) is 10.7. The summed E-state index contributed by atoms with van der Waals surface area (Å²) in [4.78, 5) is 0. The molecule has 0 spiro atoms. The van der Waals surface area contributed by atoms with Gasteiger partial charge in [0.2, 0.25) is 0 Å². The van der Waals surface area contributed by atoms with Crippen molar-refractivity contribution in [2.75, 3.05) is 0 Å². The summed E-state index contributed by atoms with van der Waals surface area (Å²) in [6.07, 6.45) is 10.3. The van der Waals surface area contributed by atoms with Gasteiger partial charge in [0.25, 0.3) is 0 Å². The third-order valence-electron chi connectivity index (χ3n) is 5.48. The SMILES string of the molecule is Cc1cc(CC23CC4CC(CC(C4)C2)C3)n[nH]1. The molecule has 4 fully saturated rings. The van der Waals surface area contributed by atoms with Crippen LogP contribution in [-0.4, -0.2) is 10.2 Å². The van der Waals surface area contributed by atoms with E-state index in [0.717, 1.165) is 17.8 Å². The molecular formula is C15H22N2. The van der Waals surface area contributed by atoms with E-state index in [9.17, 15) is 0 Å². The maximum absolute atomic E-state index is 4.47. The highest BCUT2D eigenvalue weighted by atomic mass is 15.1. The van der Waals surface area contributed by atoms with Gasteiger partial charge in [-0.25, -0.2) is 0 Å². The van der Waals surface area contributed by atoms with Crippen LogP contribution in [0.25, 0.3) is 0 Å². The zero-order valence-electron chi connectivity index (χ0n) is 10.7. The topological polar surface area (TPSA) is 28.7 Å². The van der Waals surface area contributed by atoms with Gasteiger partial charge in [0.05, 0.1) is 5.69 Å². The number of nitrogens with zero attached hydrogens (tertiary/aromatic N) is 1. The Labute approximate surface area is 103 Å². The van der Waals surface area contributed by atoms with E-state index in [1.54, 1.807) is 0 Å². The van der Waals surface area contributed by atoms with Crippen molar-refractivity contribution in [1.82, 2.24) is 10.2 Å². The standard InChI is InChI=1S/C15H22N2/c1-10-2-14(17-16-10)9-15-6-11-3-12(7-15)5-13(4-11)8-15/h2,11-13H,3-9H2,1H3,(H,16,17). The number of aromatic amines is 1. The molecular weight excluding hydrogens is 208 g/mol. The van der Waals surface area contributed by atoms with E-state index in [0.29, 0.717) is 5.41 Å². The Bertz CT molecular complexity index is 397. The third-order valence-corrected chi connectivity index (χ3v) is 5.48. The van der Waals surface area contributed by atoms with E-state index >= 15 is 0 Å². The second-order valence-corrected chi connectivity index (χ2v) is 7.14. The molecule has 0 unspecified atom stereocenters. The van der Waals surface area contributed by atoms with Crippen molar-refractivity contribution >= 4 is 0 Å². The molecule has 1 heterocycles. The Morgan fingerprint density at radius 1 is 1.18 bits per heavy atom. The van der Waals surface area contributed by atoms with Crippen molar-refractivity contribution in [3.63, 3.8) is 0 Å². The molecule has 92 valence electrons. The fraction of sp³-hybridized carbons (Fsp3) is 0.800. The first kappa shape index (κ1) is 10.2. The van der Waals surface area contributed by atoms with Crippen LogP contribution >= 0.6 is 0 Å².